The fourth-order valence-corrected chi connectivity index (χ4v) is 5.68. The minimum Gasteiger partial charge on any atom is -0.388 e. The Morgan fingerprint density at radius 1 is 0.863 bits per heavy atom. The minimum atomic E-state index is -0.740. The molecule has 15 nitrogen and oxygen atoms in total. The van der Waals surface area contributed by atoms with Gasteiger partial charge in [0.05, 0.1) is 42.6 Å². The molecule has 0 aliphatic carbocycles. The fraction of sp³-hybridized carbons (Fsp3) is 0.324. The van der Waals surface area contributed by atoms with Crippen LogP contribution in [-0.4, -0.2) is 69.2 Å². The highest BCUT2D eigenvalue weighted by molar-refractivity contribution is 6.18. The summed E-state index contributed by atoms with van der Waals surface area (Å²) in [4.78, 5) is 59.2. The van der Waals surface area contributed by atoms with Gasteiger partial charge in [0.15, 0.2) is 0 Å². The molecule has 1 aromatic carbocycles. The second-order valence-electron chi connectivity index (χ2n) is 11.8. The number of aryl methyl sites for hydroxylation is 5. The number of amides is 4. The summed E-state index contributed by atoms with van der Waals surface area (Å²) in [6.45, 7) is 4.45. The number of hydrogen-bond acceptors (Lipinski definition) is 7. The molecule has 1 atom stereocenters. The molecule has 4 rings (SSSR count). The molecular formula is C34H45Cl2N10O5+. The highest BCUT2D eigenvalue weighted by Crippen LogP contribution is 2.28. The third kappa shape index (κ3) is 9.06. The van der Waals surface area contributed by atoms with Crippen LogP contribution < -0.4 is 31.9 Å². The third-order valence-electron chi connectivity index (χ3n) is 8.22. The molecule has 4 aromatic rings. The van der Waals surface area contributed by atoms with Gasteiger partial charge in [-0.25, -0.2) is 4.79 Å². The molecule has 3 aromatic heterocycles. The van der Waals surface area contributed by atoms with Crippen molar-refractivity contribution in [1.29, 1.82) is 5.41 Å². The fourth-order valence-electron chi connectivity index (χ4n) is 5.59. The second-order valence-corrected chi connectivity index (χ2v) is 12.2. The molecule has 0 aliphatic rings. The van der Waals surface area contributed by atoms with E-state index in [1.807, 2.05) is 26.0 Å². The summed E-state index contributed by atoms with van der Waals surface area (Å²) in [6.07, 6.45) is 5.89. The van der Waals surface area contributed by atoms with Crippen molar-refractivity contribution in [2.75, 3.05) is 36.7 Å². The van der Waals surface area contributed by atoms with Crippen LogP contribution in [0.15, 0.2) is 55.0 Å². The number of rotatable bonds is 15. The van der Waals surface area contributed by atoms with Crippen LogP contribution in [0.2, 0.25) is 0 Å². The number of hydroxylamine groups is 1. The standard InChI is InChI=1S/C34H43ClN10O5.ClH/c1-7-22-8-9-23(14-21(22)2)34(49)45(50-6,39-13-11-35)26-17-29(44(5)20-26)33(48)41-25-16-28(43(4)19-25)32(47)40-24-15-27(42(3)18-24)31(46)38-12-10-30(36)37;/h8-9,14-20,39H,7,10-13H2,1-6H3,(H5-,36,37,38,40,41,46,47,48);1H/p+1. The van der Waals surface area contributed by atoms with Crippen LogP contribution >= 0.6 is 24.0 Å². The van der Waals surface area contributed by atoms with Crippen LogP contribution in [0.25, 0.3) is 0 Å². The molecule has 0 fully saturated rings. The number of nitrogens with one attached hydrogen (secondary N) is 5. The van der Waals surface area contributed by atoms with Crippen molar-refractivity contribution in [3.8, 4) is 0 Å². The summed E-state index contributed by atoms with van der Waals surface area (Å²) in [5.74, 6) is -1.53. The first kappa shape index (κ1) is 40.5. The molecule has 0 radical (unpaired) electrons. The molecule has 274 valence electrons. The Hall–Kier alpha value is -4.93. The predicted molar refractivity (Wildman–Crippen MR) is 201 cm³/mol. The zero-order chi connectivity index (χ0) is 36.7. The number of quaternary nitrogens is 1. The largest absolute Gasteiger partial charge is 0.403 e. The first-order valence-corrected chi connectivity index (χ1v) is 16.4. The molecule has 1 unspecified atom stereocenters. The van der Waals surface area contributed by atoms with Gasteiger partial charge in [-0.15, -0.1) is 29.4 Å². The van der Waals surface area contributed by atoms with E-state index < -0.39 is 22.5 Å². The Bertz CT molecular complexity index is 1930. The van der Waals surface area contributed by atoms with E-state index in [0.29, 0.717) is 28.3 Å². The van der Waals surface area contributed by atoms with Crippen molar-refractivity contribution in [1.82, 2.24) is 29.2 Å². The smallest absolute Gasteiger partial charge is 0.388 e. The van der Waals surface area contributed by atoms with Crippen molar-refractivity contribution in [2.45, 2.75) is 26.7 Å². The normalized spacial score (nSPS) is 12.1. The van der Waals surface area contributed by atoms with Gasteiger partial charge in [-0.1, -0.05) is 13.0 Å². The molecule has 0 saturated heterocycles. The molecule has 7 N–H and O–H groups in total. The number of carbonyl (C=O) groups excluding carboxylic acids is 4. The number of benzene rings is 1. The van der Waals surface area contributed by atoms with E-state index in [2.05, 4.69) is 21.4 Å². The second kappa shape index (κ2) is 17.3. The van der Waals surface area contributed by atoms with E-state index in [9.17, 15) is 19.2 Å². The summed E-state index contributed by atoms with van der Waals surface area (Å²) in [7, 11) is 6.41. The van der Waals surface area contributed by atoms with Crippen molar-refractivity contribution in [3.05, 3.63) is 88.8 Å². The van der Waals surface area contributed by atoms with Crippen LogP contribution in [0.1, 0.15) is 66.3 Å². The molecule has 3 heterocycles. The molecule has 0 saturated carbocycles. The molecule has 17 heteroatoms. The maximum absolute atomic E-state index is 14.0. The van der Waals surface area contributed by atoms with Gasteiger partial charge in [-0.3, -0.25) is 19.8 Å². The molecule has 0 aliphatic heterocycles. The monoisotopic (exact) mass is 743 g/mol. The Labute approximate surface area is 307 Å². The number of carbonyl (C=O) groups is 4. The highest BCUT2D eigenvalue weighted by atomic mass is 35.5. The van der Waals surface area contributed by atoms with E-state index >= 15 is 0 Å². The number of amidine groups is 1. The summed E-state index contributed by atoms with van der Waals surface area (Å²) >= 11 is 6.01. The summed E-state index contributed by atoms with van der Waals surface area (Å²) in [6, 6.07) is 10.1. The van der Waals surface area contributed by atoms with Gasteiger partial charge in [0.2, 0.25) is 5.69 Å². The maximum atomic E-state index is 14.0. The van der Waals surface area contributed by atoms with Gasteiger partial charge in [0, 0.05) is 58.4 Å². The molecular weight excluding hydrogens is 699 g/mol. The average Bonchev–Trinajstić information content (AvgIpc) is 3.76. The Balaban J connectivity index is 0.00000702. The predicted octanol–water partition coefficient (Wildman–Crippen LogP) is 4.01. The third-order valence-corrected chi connectivity index (χ3v) is 8.41. The van der Waals surface area contributed by atoms with Gasteiger partial charge in [0.1, 0.15) is 17.1 Å². The van der Waals surface area contributed by atoms with Gasteiger partial charge in [0.25, 0.3) is 17.7 Å². The zero-order valence-electron chi connectivity index (χ0n) is 29.4. The first-order chi connectivity index (χ1) is 23.7. The van der Waals surface area contributed by atoms with Crippen LogP contribution in [0, 0.1) is 12.3 Å². The number of nitrogens with zero attached hydrogens (tertiary/aromatic N) is 4. The lowest BCUT2D eigenvalue weighted by Crippen LogP contribution is -2.63. The molecule has 4 amide bonds. The van der Waals surface area contributed by atoms with Gasteiger partial charge < -0.3 is 35.4 Å². The van der Waals surface area contributed by atoms with Crippen molar-refractivity contribution >= 4 is 70.5 Å². The average molecular weight is 745 g/mol. The van der Waals surface area contributed by atoms with E-state index in [4.69, 9.17) is 27.6 Å². The molecule has 0 spiro atoms. The number of aromatic nitrogens is 3. The Morgan fingerprint density at radius 2 is 1.41 bits per heavy atom. The van der Waals surface area contributed by atoms with Gasteiger partial charge in [-0.2, -0.15) is 4.84 Å². The maximum Gasteiger partial charge on any atom is 0.403 e. The van der Waals surface area contributed by atoms with E-state index in [0.717, 1.165) is 17.5 Å². The lowest BCUT2D eigenvalue weighted by molar-refractivity contribution is -0.120. The van der Waals surface area contributed by atoms with Crippen molar-refractivity contribution in [2.24, 2.45) is 26.9 Å². The topological polar surface area (TPSA) is 190 Å². The van der Waals surface area contributed by atoms with Crippen LogP contribution in [-0.2, 0) is 32.4 Å². The first-order valence-electron chi connectivity index (χ1n) is 15.9. The summed E-state index contributed by atoms with van der Waals surface area (Å²) < 4.78 is 3.97. The lowest BCUT2D eigenvalue weighted by atomic mass is 10.0. The van der Waals surface area contributed by atoms with Crippen molar-refractivity contribution in [3.63, 3.8) is 0 Å². The SMILES string of the molecule is CCc1ccc(C(=O)[N+](NCCCl)(OC)c2cc(C(=O)Nc3cc(C(=O)Nc4cc(C(=O)NCCC(=N)N)n(C)c4)n(C)c3)n(C)c2)cc1C.Cl. The molecule has 0 bridgehead atoms. The number of anilines is 2. The number of nitrogens with two attached hydrogens (primary N) is 1. The minimum absolute atomic E-state index is 0. The quantitative estimate of drug-likeness (QED) is 0.0349. The van der Waals surface area contributed by atoms with Crippen LogP contribution in [0.5, 0.6) is 0 Å². The van der Waals surface area contributed by atoms with E-state index in [-0.39, 0.29) is 60.9 Å². The Kier molecular flexibility index (Phi) is 13.8. The van der Waals surface area contributed by atoms with Crippen LogP contribution in [0.3, 0.4) is 0 Å². The van der Waals surface area contributed by atoms with Crippen LogP contribution in [0.4, 0.5) is 17.1 Å². The molecule has 51 heavy (non-hydrogen) atoms. The van der Waals surface area contributed by atoms with E-state index in [1.165, 1.54) is 19.2 Å². The summed E-state index contributed by atoms with van der Waals surface area (Å²) in [5.41, 5.74) is 12.9. The van der Waals surface area contributed by atoms with Crippen molar-refractivity contribution < 1.29 is 24.0 Å². The summed E-state index contributed by atoms with van der Waals surface area (Å²) in [5, 5.41) is 15.6. The van der Waals surface area contributed by atoms with Gasteiger partial charge >= 0.3 is 5.91 Å². The zero-order valence-corrected chi connectivity index (χ0v) is 31.0. The Morgan fingerprint density at radius 3 is 1.92 bits per heavy atom. The lowest BCUT2D eigenvalue weighted by Gasteiger charge is -2.29. The van der Waals surface area contributed by atoms with Gasteiger partial charge in [-0.05, 0) is 53.5 Å². The number of halogens is 2. The van der Waals surface area contributed by atoms with E-state index in [1.54, 1.807) is 65.6 Å². The number of hydrogen-bond donors (Lipinski definition) is 6. The highest BCUT2D eigenvalue weighted by Gasteiger charge is 2.44. The number of alkyl halides is 1.